The molecule has 0 saturated carbocycles. The molecule has 4 aromatic carbocycles. The largest absolute Gasteiger partial charge is 0.628 e. The van der Waals surface area contributed by atoms with Crippen molar-refractivity contribution in [3.8, 4) is 34.1 Å². The van der Waals surface area contributed by atoms with E-state index in [1.807, 2.05) is 74.5 Å². The van der Waals surface area contributed by atoms with Crippen LogP contribution in [0.1, 0.15) is 27.7 Å². The molecule has 0 atom stereocenters. The number of hydrogen-bond acceptors (Lipinski definition) is 4. The first-order valence-electron chi connectivity index (χ1n) is 12.0. The highest BCUT2D eigenvalue weighted by Crippen LogP contribution is 2.47. The maximum Gasteiger partial charge on any atom is 0.628 e. The Morgan fingerprint density at radius 2 is 1.33 bits per heavy atom. The average molecular weight is 478 g/mol. The smallest absolute Gasteiger partial charge is 0.530 e. The highest BCUT2D eigenvalue weighted by atomic mass is 16.6. The monoisotopic (exact) mass is 478 g/mol. The van der Waals surface area contributed by atoms with Crippen LogP contribution >= 0.6 is 0 Å². The summed E-state index contributed by atoms with van der Waals surface area (Å²) in [5, 5.41) is 12.5. The van der Waals surface area contributed by atoms with E-state index in [0.717, 1.165) is 38.5 Å². The van der Waals surface area contributed by atoms with E-state index in [4.69, 9.17) is 18.5 Å². The molecule has 0 saturated heterocycles. The Morgan fingerprint density at radius 1 is 0.694 bits per heavy atom. The van der Waals surface area contributed by atoms with Crippen LogP contribution in [-0.2, 0) is 0 Å². The summed E-state index contributed by atoms with van der Waals surface area (Å²) < 4.78 is 23.3. The van der Waals surface area contributed by atoms with Crippen molar-refractivity contribution in [3.63, 3.8) is 0 Å². The minimum atomic E-state index is -0.961. The fourth-order valence-electron chi connectivity index (χ4n) is 4.26. The maximum absolute atomic E-state index is 10.5. The predicted molar refractivity (Wildman–Crippen MR) is 144 cm³/mol. The number of hydrogen-bond donors (Lipinski definition) is 1. The van der Waals surface area contributed by atoms with Crippen LogP contribution in [-0.4, -0.2) is 28.4 Å². The molecular formula is C30H27BO5+. The first-order chi connectivity index (χ1) is 17.2. The van der Waals surface area contributed by atoms with Crippen LogP contribution in [0.15, 0.2) is 83.3 Å². The van der Waals surface area contributed by atoms with Gasteiger partial charge in [-0.25, -0.2) is 0 Å². The Labute approximate surface area is 210 Å². The first kappa shape index (κ1) is 22.7. The van der Waals surface area contributed by atoms with Crippen molar-refractivity contribution in [2.75, 3.05) is 0 Å². The lowest BCUT2D eigenvalue weighted by molar-refractivity contribution is -0.157. The molecule has 179 valence electrons. The number of fused-ring (bicyclic) bond motifs is 5. The molecule has 1 aromatic heterocycles. The third-order valence-electron chi connectivity index (χ3n) is 7.12. The van der Waals surface area contributed by atoms with E-state index in [2.05, 4.69) is 18.2 Å². The van der Waals surface area contributed by atoms with Crippen molar-refractivity contribution in [3.05, 3.63) is 78.9 Å². The molecule has 5 nitrogen and oxygen atoms in total. The van der Waals surface area contributed by atoms with Gasteiger partial charge < -0.3 is 23.7 Å². The van der Waals surface area contributed by atoms with Crippen LogP contribution in [0.5, 0.6) is 23.0 Å². The summed E-state index contributed by atoms with van der Waals surface area (Å²) in [6.07, 6.45) is 0. The number of ether oxygens (including phenoxy) is 2. The second kappa shape index (κ2) is 8.15. The van der Waals surface area contributed by atoms with Gasteiger partial charge in [0.05, 0.1) is 5.46 Å². The topological polar surface area (TPSA) is 64.6 Å². The van der Waals surface area contributed by atoms with Crippen molar-refractivity contribution in [2.45, 2.75) is 38.9 Å². The summed E-state index contributed by atoms with van der Waals surface area (Å²) in [5.74, 6) is 2.75. The zero-order valence-corrected chi connectivity index (χ0v) is 20.7. The summed E-state index contributed by atoms with van der Waals surface area (Å²) in [7, 11) is 1.80. The van der Waals surface area contributed by atoms with Crippen LogP contribution in [0, 0.1) is 0 Å². The zero-order valence-electron chi connectivity index (χ0n) is 20.7. The Morgan fingerprint density at radius 3 is 2.06 bits per heavy atom. The van der Waals surface area contributed by atoms with Gasteiger partial charge in [0.15, 0.2) is 28.6 Å². The van der Waals surface area contributed by atoms with E-state index in [1.165, 1.54) is 0 Å². The highest BCUT2D eigenvalue weighted by molar-refractivity contribution is 6.50. The van der Waals surface area contributed by atoms with Crippen molar-refractivity contribution in [2.24, 2.45) is 0 Å². The van der Waals surface area contributed by atoms with Gasteiger partial charge in [0.2, 0.25) is 0 Å². The number of furan rings is 1. The van der Waals surface area contributed by atoms with Gasteiger partial charge in [-0.2, -0.15) is 0 Å². The van der Waals surface area contributed by atoms with Crippen LogP contribution < -0.4 is 14.9 Å². The number of benzene rings is 4. The molecule has 1 radical (unpaired) electrons. The van der Waals surface area contributed by atoms with E-state index in [0.29, 0.717) is 23.0 Å². The Balaban J connectivity index is 1.40. The third-order valence-corrected chi connectivity index (χ3v) is 7.12. The summed E-state index contributed by atoms with van der Waals surface area (Å²) in [6, 6.07) is 25.8. The van der Waals surface area contributed by atoms with Crippen molar-refractivity contribution in [1.29, 1.82) is 0 Å². The summed E-state index contributed by atoms with van der Waals surface area (Å²) in [5.41, 5.74) is 2.75. The molecule has 36 heavy (non-hydrogen) atoms. The molecule has 6 heteroatoms. The van der Waals surface area contributed by atoms with Gasteiger partial charge in [-0.3, -0.25) is 0 Å². The van der Waals surface area contributed by atoms with Gasteiger partial charge in [0, 0.05) is 30.2 Å². The molecule has 5 aromatic rings. The molecule has 1 aliphatic rings. The number of rotatable bonds is 5. The molecule has 1 aliphatic heterocycles. The van der Waals surface area contributed by atoms with Crippen molar-refractivity contribution in [1.82, 2.24) is 0 Å². The minimum Gasteiger partial charge on any atom is -0.530 e. The minimum absolute atomic E-state index is 0.657. The van der Waals surface area contributed by atoms with Gasteiger partial charge in [0.25, 0.3) is 0 Å². The van der Waals surface area contributed by atoms with E-state index in [1.54, 1.807) is 21.3 Å². The van der Waals surface area contributed by atoms with E-state index in [-0.39, 0.29) is 0 Å². The summed E-state index contributed by atoms with van der Waals surface area (Å²) in [4.78, 5) is 0. The molecule has 6 rings (SSSR count). The number of para-hydroxylation sites is 4. The molecule has 0 amide bonds. The van der Waals surface area contributed by atoms with Crippen LogP contribution in [0.25, 0.3) is 33.1 Å². The second-order valence-electron chi connectivity index (χ2n) is 10.2. The fourth-order valence-corrected chi connectivity index (χ4v) is 4.26. The van der Waals surface area contributed by atoms with Gasteiger partial charge in [-0.15, -0.1) is 0 Å². The molecule has 0 unspecified atom stereocenters. The molecular weight excluding hydrogens is 451 g/mol. The number of aliphatic hydroxyl groups is 2. The second-order valence-corrected chi connectivity index (χ2v) is 10.2. The van der Waals surface area contributed by atoms with E-state index < -0.39 is 11.2 Å². The highest BCUT2D eigenvalue weighted by Gasteiger charge is 2.41. The normalized spacial score (nSPS) is 13.1. The lowest BCUT2D eigenvalue weighted by Crippen LogP contribution is -2.51. The van der Waals surface area contributed by atoms with Crippen LogP contribution in [0.3, 0.4) is 0 Å². The lowest BCUT2D eigenvalue weighted by Gasteiger charge is -2.33. The van der Waals surface area contributed by atoms with E-state index >= 15 is 0 Å². The Bertz CT molecular complexity index is 1610. The maximum atomic E-state index is 10.5. The third kappa shape index (κ3) is 3.74. The van der Waals surface area contributed by atoms with Crippen LogP contribution in [0.4, 0.5) is 0 Å². The molecule has 2 heterocycles. The van der Waals surface area contributed by atoms with Crippen molar-refractivity contribution >= 4 is 34.9 Å². The molecule has 2 N–H and O–H groups in total. The first-order valence-corrected chi connectivity index (χ1v) is 12.0. The Hall–Kier alpha value is -3.74. The van der Waals surface area contributed by atoms with Gasteiger partial charge in [-0.1, -0.05) is 54.6 Å². The average Bonchev–Trinajstić information content (AvgIpc) is 3.25. The SMILES string of the molecule is CC(C)(O)C(C)(C)[OH+][B]c1cccc2c1oc1c(-c3ccc4c(c3)Oc3ccccc3O4)cccc12. The van der Waals surface area contributed by atoms with Gasteiger partial charge in [-0.05, 0) is 43.7 Å². The standard InChI is InChI=1S/C30H27BO5/c1-29(2,32)30(3,4)36-31-22-12-8-11-21-20-10-7-9-19(27(20)35-28(21)22)18-15-16-25-26(17-18)34-24-14-6-5-13-23(24)33-25/h5-17,32,36H,1-4H3/q+1. The van der Waals surface area contributed by atoms with Crippen LogP contribution in [0.2, 0.25) is 0 Å². The van der Waals surface area contributed by atoms with E-state index in [9.17, 15) is 5.11 Å². The molecule has 0 fully saturated rings. The summed E-state index contributed by atoms with van der Waals surface area (Å²) >= 11 is 0. The molecule has 0 spiro atoms. The fraction of sp³-hybridized carbons (Fsp3) is 0.200. The summed E-state index contributed by atoms with van der Waals surface area (Å²) in [6.45, 7) is 7.37. The van der Waals surface area contributed by atoms with Gasteiger partial charge in [0.1, 0.15) is 16.8 Å². The van der Waals surface area contributed by atoms with Gasteiger partial charge >= 0.3 is 7.48 Å². The lowest BCUT2D eigenvalue weighted by atomic mass is 9.82. The molecule has 0 bridgehead atoms. The zero-order chi connectivity index (χ0) is 25.1. The molecule has 0 aliphatic carbocycles. The van der Waals surface area contributed by atoms with Crippen molar-refractivity contribution < 1.29 is 23.7 Å². The Kier molecular flexibility index (Phi) is 5.14. The predicted octanol–water partition coefficient (Wildman–Crippen LogP) is 6.47. The quantitative estimate of drug-likeness (QED) is 0.228.